The minimum atomic E-state index is -0.989. The average Bonchev–Trinajstić information content (AvgIpc) is 2.82. The lowest BCUT2D eigenvalue weighted by Crippen LogP contribution is -2.09. The summed E-state index contributed by atoms with van der Waals surface area (Å²) in [5.41, 5.74) is 1.21. The van der Waals surface area contributed by atoms with Crippen LogP contribution in [0.25, 0.3) is 12.2 Å². The molecule has 0 heterocycles. The summed E-state index contributed by atoms with van der Waals surface area (Å²) < 4.78 is 15.4. The van der Waals surface area contributed by atoms with Gasteiger partial charge < -0.3 is 24.4 Å². The molecule has 2 N–H and O–H groups in total. The van der Waals surface area contributed by atoms with Gasteiger partial charge in [-0.05, 0) is 54.0 Å². The van der Waals surface area contributed by atoms with Gasteiger partial charge in [0.25, 0.3) is 0 Å². The number of ether oxygens (including phenoxy) is 3. The van der Waals surface area contributed by atoms with Gasteiger partial charge in [0.05, 0.1) is 20.6 Å². The van der Waals surface area contributed by atoms with Crippen LogP contribution in [0.3, 0.4) is 0 Å². The molecule has 0 unspecified atom stereocenters. The van der Waals surface area contributed by atoms with E-state index in [1.165, 1.54) is 50.7 Å². The highest BCUT2D eigenvalue weighted by molar-refractivity contribution is 6.10. The molecular weight excluding hydrogens is 456 g/mol. The number of phenolic OH excluding ortho intramolecular Hbond substituents is 1. The third kappa shape index (κ3) is 9.17. The second-order valence-corrected chi connectivity index (χ2v) is 7.34. The number of benzene rings is 2. The number of carbonyl (C=O) groups is 4. The van der Waals surface area contributed by atoms with Crippen molar-refractivity contribution in [1.29, 1.82) is 0 Å². The van der Waals surface area contributed by atoms with Gasteiger partial charge in [0, 0.05) is 12.8 Å². The Morgan fingerprint density at radius 3 is 1.94 bits per heavy atom. The lowest BCUT2D eigenvalue weighted by molar-refractivity contribution is -0.138. The number of carboxylic acid groups (broad SMARTS) is 1. The summed E-state index contributed by atoms with van der Waals surface area (Å²) in [5.74, 6) is -1.69. The van der Waals surface area contributed by atoms with Crippen molar-refractivity contribution in [3.63, 3.8) is 0 Å². The van der Waals surface area contributed by atoms with Crippen LogP contribution in [0.15, 0.2) is 48.6 Å². The molecule has 0 atom stereocenters. The summed E-state index contributed by atoms with van der Waals surface area (Å²) in [6.07, 6.45) is 5.23. The maximum atomic E-state index is 12.2. The third-order valence-electron chi connectivity index (χ3n) is 4.66. The zero-order valence-corrected chi connectivity index (χ0v) is 19.4. The first kappa shape index (κ1) is 26.8. The molecular formula is C26H26O9. The first-order valence-electron chi connectivity index (χ1n) is 10.6. The summed E-state index contributed by atoms with van der Waals surface area (Å²) in [5, 5.41) is 18.2. The number of aromatic hydroxyl groups is 1. The van der Waals surface area contributed by atoms with Crippen molar-refractivity contribution in [2.24, 2.45) is 0 Å². The molecule has 0 radical (unpaired) electrons. The Balaban J connectivity index is 1.94. The molecule has 2 rings (SSSR count). The quantitative estimate of drug-likeness (QED) is 0.189. The topological polar surface area (TPSA) is 136 Å². The van der Waals surface area contributed by atoms with Gasteiger partial charge in [-0.15, -0.1) is 0 Å². The maximum absolute atomic E-state index is 12.2. The van der Waals surface area contributed by atoms with Crippen LogP contribution in [-0.4, -0.2) is 47.9 Å². The summed E-state index contributed by atoms with van der Waals surface area (Å²) >= 11 is 0. The molecule has 0 saturated carbocycles. The van der Waals surface area contributed by atoms with Crippen molar-refractivity contribution in [3.8, 4) is 23.0 Å². The van der Waals surface area contributed by atoms with E-state index in [9.17, 15) is 24.3 Å². The lowest BCUT2D eigenvalue weighted by Gasteiger charge is -2.09. The summed E-state index contributed by atoms with van der Waals surface area (Å²) in [7, 11) is 2.81. The summed E-state index contributed by atoms with van der Waals surface area (Å²) in [4.78, 5) is 46.7. The fourth-order valence-corrected chi connectivity index (χ4v) is 2.90. The minimum absolute atomic E-state index is 0.0187. The number of hydrogen-bond donors (Lipinski definition) is 2. The highest BCUT2D eigenvalue weighted by atomic mass is 16.6. The maximum Gasteiger partial charge on any atom is 0.311 e. The van der Waals surface area contributed by atoms with E-state index in [4.69, 9.17) is 19.3 Å². The number of methoxy groups -OCH3 is 2. The van der Waals surface area contributed by atoms with Gasteiger partial charge in [0.15, 0.2) is 34.6 Å². The van der Waals surface area contributed by atoms with Gasteiger partial charge in [0.1, 0.15) is 0 Å². The molecule has 0 aromatic heterocycles. The van der Waals surface area contributed by atoms with Gasteiger partial charge in [-0.3, -0.25) is 19.2 Å². The number of carboxylic acids is 1. The molecule has 0 fully saturated rings. The monoisotopic (exact) mass is 482 g/mol. The van der Waals surface area contributed by atoms with E-state index in [1.54, 1.807) is 24.3 Å². The Bertz CT molecular complexity index is 1150. The van der Waals surface area contributed by atoms with E-state index < -0.39 is 23.5 Å². The normalized spacial score (nSPS) is 10.9. The summed E-state index contributed by atoms with van der Waals surface area (Å²) in [6.45, 7) is 0. The Hall–Kier alpha value is -4.40. The fourth-order valence-electron chi connectivity index (χ4n) is 2.90. The molecule has 0 aliphatic heterocycles. The first-order valence-corrected chi connectivity index (χ1v) is 10.6. The van der Waals surface area contributed by atoms with Crippen LogP contribution in [-0.2, 0) is 19.2 Å². The molecule has 0 amide bonds. The van der Waals surface area contributed by atoms with Crippen molar-refractivity contribution in [3.05, 3.63) is 59.7 Å². The molecule has 184 valence electrons. The number of rotatable bonds is 13. The van der Waals surface area contributed by atoms with E-state index in [0.29, 0.717) is 11.1 Å². The number of carbonyl (C=O) groups excluding carboxylic acids is 3. The van der Waals surface area contributed by atoms with Gasteiger partial charge in [0.2, 0.25) is 0 Å². The number of allylic oxidation sites excluding steroid dienone is 2. The predicted molar refractivity (Wildman–Crippen MR) is 127 cm³/mol. The van der Waals surface area contributed by atoms with E-state index >= 15 is 0 Å². The smallest absolute Gasteiger partial charge is 0.311 e. The SMILES string of the molecule is COc1cc(/C=C\C(=O)CC(=O)/C=C\c2ccc(OC(=O)CCCC(=O)O)c(OC)c2)ccc1O. The van der Waals surface area contributed by atoms with Crippen molar-refractivity contribution in [2.75, 3.05) is 14.2 Å². The number of esters is 1. The van der Waals surface area contributed by atoms with E-state index in [0.717, 1.165) is 0 Å². The molecule has 35 heavy (non-hydrogen) atoms. The Morgan fingerprint density at radius 2 is 1.37 bits per heavy atom. The molecule has 0 aliphatic carbocycles. The average molecular weight is 482 g/mol. The third-order valence-corrected chi connectivity index (χ3v) is 4.66. The van der Waals surface area contributed by atoms with Gasteiger partial charge in [-0.1, -0.05) is 24.3 Å². The summed E-state index contributed by atoms with van der Waals surface area (Å²) in [6, 6.07) is 9.27. The molecule has 9 heteroatoms. The highest BCUT2D eigenvalue weighted by Gasteiger charge is 2.12. The van der Waals surface area contributed by atoms with Crippen LogP contribution >= 0.6 is 0 Å². The van der Waals surface area contributed by atoms with Crippen molar-refractivity contribution < 1.29 is 43.6 Å². The zero-order valence-electron chi connectivity index (χ0n) is 19.4. The predicted octanol–water partition coefficient (Wildman–Crippen LogP) is 3.82. The molecule has 9 nitrogen and oxygen atoms in total. The molecule has 2 aromatic carbocycles. The molecule has 2 aromatic rings. The van der Waals surface area contributed by atoms with Crippen LogP contribution in [0.5, 0.6) is 23.0 Å². The molecule has 0 aliphatic rings. The van der Waals surface area contributed by atoms with E-state index in [1.807, 2.05) is 0 Å². The van der Waals surface area contributed by atoms with Gasteiger partial charge in [-0.25, -0.2) is 0 Å². The molecule has 0 bridgehead atoms. The number of hydrogen-bond acceptors (Lipinski definition) is 8. The van der Waals surface area contributed by atoms with E-state index in [2.05, 4.69) is 0 Å². The van der Waals surface area contributed by atoms with Crippen molar-refractivity contribution >= 4 is 35.7 Å². The minimum Gasteiger partial charge on any atom is -0.504 e. The number of phenols is 1. The fraction of sp³-hybridized carbons (Fsp3) is 0.231. The van der Waals surface area contributed by atoms with Crippen molar-refractivity contribution in [2.45, 2.75) is 25.7 Å². The molecule has 0 spiro atoms. The molecule has 0 saturated heterocycles. The second-order valence-electron chi connectivity index (χ2n) is 7.34. The zero-order chi connectivity index (χ0) is 25.8. The Morgan fingerprint density at radius 1 is 0.800 bits per heavy atom. The van der Waals surface area contributed by atoms with Crippen LogP contribution in [0.4, 0.5) is 0 Å². The van der Waals surface area contributed by atoms with Crippen LogP contribution in [0, 0.1) is 0 Å². The van der Waals surface area contributed by atoms with E-state index in [-0.39, 0.29) is 48.7 Å². The Kier molecular flexibility index (Phi) is 10.2. The standard InChI is InChI=1S/C26H26O9/c1-33-23-14-17(8-12-21(23)29)6-10-19(27)16-20(28)11-7-18-9-13-22(24(15-18)34-2)35-26(32)5-3-4-25(30)31/h6-15,29H,3-5,16H2,1-2H3,(H,30,31)/b10-6-,11-7-. The van der Waals surface area contributed by atoms with Crippen molar-refractivity contribution in [1.82, 2.24) is 0 Å². The second kappa shape index (κ2) is 13.3. The van der Waals surface area contributed by atoms with Gasteiger partial charge >= 0.3 is 11.9 Å². The van der Waals surface area contributed by atoms with Gasteiger partial charge in [-0.2, -0.15) is 0 Å². The number of aliphatic carboxylic acids is 1. The lowest BCUT2D eigenvalue weighted by atomic mass is 10.1. The highest BCUT2D eigenvalue weighted by Crippen LogP contribution is 2.29. The largest absolute Gasteiger partial charge is 0.504 e. The van der Waals surface area contributed by atoms with Crippen LogP contribution in [0.1, 0.15) is 36.8 Å². The first-order chi connectivity index (χ1) is 16.7. The number of ketones is 2. The Labute approximate surface area is 202 Å². The van der Waals surface area contributed by atoms with Crippen LogP contribution in [0.2, 0.25) is 0 Å². The van der Waals surface area contributed by atoms with Crippen LogP contribution < -0.4 is 14.2 Å².